The zero-order valence-corrected chi connectivity index (χ0v) is 16.1. The summed E-state index contributed by atoms with van der Waals surface area (Å²) in [6.45, 7) is 2.03. The van der Waals surface area contributed by atoms with E-state index in [-0.39, 0.29) is 11.4 Å². The van der Waals surface area contributed by atoms with Gasteiger partial charge in [0.2, 0.25) is 0 Å². The second kappa shape index (κ2) is 6.87. The molecule has 0 unspecified atom stereocenters. The molecule has 136 valence electrons. The Bertz CT molecular complexity index is 1110. The number of rotatable bonds is 3. The lowest BCUT2D eigenvalue weighted by atomic mass is 10.1. The molecule has 0 aliphatic carbocycles. The number of aromatic nitrogens is 3. The molecule has 27 heavy (non-hydrogen) atoms. The maximum atomic E-state index is 14.1. The summed E-state index contributed by atoms with van der Waals surface area (Å²) in [6.07, 6.45) is 0. The maximum absolute atomic E-state index is 14.1. The van der Waals surface area contributed by atoms with Crippen LogP contribution in [0.4, 0.5) is 8.78 Å². The van der Waals surface area contributed by atoms with Gasteiger partial charge < -0.3 is 0 Å². The fourth-order valence-corrected chi connectivity index (χ4v) is 4.23. The van der Waals surface area contributed by atoms with E-state index >= 15 is 0 Å². The molecule has 0 spiro atoms. The zero-order chi connectivity index (χ0) is 19.1. The Morgan fingerprint density at radius 2 is 1.70 bits per heavy atom. The average Bonchev–Trinajstić information content (AvgIpc) is 3.18. The first-order chi connectivity index (χ1) is 12.9. The highest BCUT2D eigenvalue weighted by atomic mass is 35.5. The molecule has 0 aliphatic rings. The van der Waals surface area contributed by atoms with E-state index in [0.29, 0.717) is 15.7 Å². The van der Waals surface area contributed by atoms with Gasteiger partial charge in [0, 0.05) is 11.9 Å². The predicted molar refractivity (Wildman–Crippen MR) is 105 cm³/mol. The maximum Gasteiger partial charge on any atom is 0.187 e. The molecular formula is C20H14ClF2N3S. The SMILES string of the molecule is Cc1ccc(-c2cc(Cl)c(-c3nc(-c4c(F)cccc4F)nn3C)s2)cc1. The van der Waals surface area contributed by atoms with Crippen molar-refractivity contribution in [3.05, 3.63) is 70.8 Å². The molecule has 0 N–H and O–H groups in total. The minimum atomic E-state index is -0.704. The number of nitrogens with zero attached hydrogens (tertiary/aromatic N) is 3. The van der Waals surface area contributed by atoms with E-state index < -0.39 is 11.6 Å². The number of hydrogen-bond donors (Lipinski definition) is 0. The Morgan fingerprint density at radius 1 is 1.04 bits per heavy atom. The number of aryl methyl sites for hydroxylation is 2. The largest absolute Gasteiger partial charge is 0.248 e. The molecule has 0 saturated heterocycles. The average molecular weight is 402 g/mol. The van der Waals surface area contributed by atoms with E-state index in [1.165, 1.54) is 39.8 Å². The number of halogens is 3. The normalized spacial score (nSPS) is 11.1. The standard InChI is InChI=1S/C20H14ClF2N3S/c1-11-6-8-12(9-7-11)16-10-13(21)18(27-16)20-24-19(25-26(20)2)17-14(22)4-3-5-15(17)23/h3-10H,1-2H3. The van der Waals surface area contributed by atoms with Crippen molar-refractivity contribution in [1.29, 1.82) is 0 Å². The Labute approximate surface area is 163 Å². The molecule has 0 aliphatic heterocycles. The molecule has 0 fully saturated rings. The summed E-state index contributed by atoms with van der Waals surface area (Å²) in [6, 6.07) is 13.7. The molecule has 0 bridgehead atoms. The fourth-order valence-electron chi connectivity index (χ4n) is 2.78. The lowest BCUT2D eigenvalue weighted by Gasteiger charge is -1.98. The summed E-state index contributed by atoms with van der Waals surface area (Å²) in [5.41, 5.74) is 1.97. The van der Waals surface area contributed by atoms with Gasteiger partial charge in [0.15, 0.2) is 11.6 Å². The molecule has 7 heteroatoms. The first kappa shape index (κ1) is 17.8. The molecule has 4 rings (SSSR count). The van der Waals surface area contributed by atoms with Gasteiger partial charge in [-0.3, -0.25) is 0 Å². The van der Waals surface area contributed by atoms with Gasteiger partial charge in [-0.05, 0) is 30.7 Å². The second-order valence-electron chi connectivity index (χ2n) is 6.13. The van der Waals surface area contributed by atoms with Crippen LogP contribution in [0.3, 0.4) is 0 Å². The lowest BCUT2D eigenvalue weighted by molar-refractivity contribution is 0.587. The zero-order valence-electron chi connectivity index (χ0n) is 14.5. The van der Waals surface area contributed by atoms with Crippen molar-refractivity contribution >= 4 is 22.9 Å². The first-order valence-electron chi connectivity index (χ1n) is 8.16. The summed E-state index contributed by atoms with van der Waals surface area (Å²) in [4.78, 5) is 6.03. The van der Waals surface area contributed by atoms with Crippen LogP contribution in [-0.2, 0) is 7.05 Å². The van der Waals surface area contributed by atoms with Crippen molar-refractivity contribution in [2.45, 2.75) is 6.92 Å². The van der Waals surface area contributed by atoms with E-state index in [1.54, 1.807) is 7.05 Å². The highest BCUT2D eigenvalue weighted by Gasteiger charge is 2.21. The van der Waals surface area contributed by atoms with Gasteiger partial charge in [-0.15, -0.1) is 11.3 Å². The van der Waals surface area contributed by atoms with Crippen LogP contribution in [0.2, 0.25) is 5.02 Å². The summed E-state index contributed by atoms with van der Waals surface area (Å²) in [5, 5.41) is 4.71. The van der Waals surface area contributed by atoms with Gasteiger partial charge in [-0.1, -0.05) is 47.5 Å². The molecule has 4 aromatic rings. The minimum Gasteiger partial charge on any atom is -0.248 e. The smallest absolute Gasteiger partial charge is 0.187 e. The van der Waals surface area contributed by atoms with Crippen LogP contribution in [0.1, 0.15) is 5.56 Å². The second-order valence-corrected chi connectivity index (χ2v) is 7.59. The van der Waals surface area contributed by atoms with Crippen LogP contribution in [0, 0.1) is 18.6 Å². The van der Waals surface area contributed by atoms with Crippen LogP contribution >= 0.6 is 22.9 Å². The summed E-state index contributed by atoms with van der Waals surface area (Å²) < 4.78 is 29.6. The van der Waals surface area contributed by atoms with Crippen molar-refractivity contribution in [3.63, 3.8) is 0 Å². The fraction of sp³-hybridized carbons (Fsp3) is 0.100. The van der Waals surface area contributed by atoms with Gasteiger partial charge in [-0.2, -0.15) is 5.10 Å². The molecule has 2 heterocycles. The third kappa shape index (κ3) is 3.26. The molecule has 0 atom stereocenters. The van der Waals surface area contributed by atoms with E-state index in [0.717, 1.165) is 10.4 Å². The van der Waals surface area contributed by atoms with Gasteiger partial charge in [0.05, 0.1) is 15.5 Å². The number of thiophene rings is 1. The van der Waals surface area contributed by atoms with E-state index in [2.05, 4.69) is 10.1 Å². The van der Waals surface area contributed by atoms with Gasteiger partial charge in [0.25, 0.3) is 0 Å². The van der Waals surface area contributed by atoms with Crippen molar-refractivity contribution in [2.75, 3.05) is 0 Å². The van der Waals surface area contributed by atoms with Crippen LogP contribution in [0.5, 0.6) is 0 Å². The summed E-state index contributed by atoms with van der Waals surface area (Å²) in [7, 11) is 1.67. The van der Waals surface area contributed by atoms with Crippen molar-refractivity contribution < 1.29 is 8.78 Å². The monoisotopic (exact) mass is 401 g/mol. The number of hydrogen-bond acceptors (Lipinski definition) is 3. The first-order valence-corrected chi connectivity index (χ1v) is 9.35. The minimum absolute atomic E-state index is 0.00977. The predicted octanol–water partition coefficient (Wildman–Crippen LogP) is 6.12. The topological polar surface area (TPSA) is 30.7 Å². The van der Waals surface area contributed by atoms with Gasteiger partial charge in [0.1, 0.15) is 11.6 Å². The summed E-state index contributed by atoms with van der Waals surface area (Å²) >= 11 is 7.89. The molecule has 0 saturated carbocycles. The molecule has 0 amide bonds. The van der Waals surface area contributed by atoms with Crippen molar-refractivity contribution in [1.82, 2.24) is 14.8 Å². The van der Waals surface area contributed by atoms with Crippen molar-refractivity contribution in [3.8, 4) is 32.5 Å². The third-order valence-electron chi connectivity index (χ3n) is 4.18. The molecule has 3 nitrogen and oxygen atoms in total. The molecule has 2 aromatic heterocycles. The Morgan fingerprint density at radius 3 is 2.37 bits per heavy atom. The van der Waals surface area contributed by atoms with E-state index in [4.69, 9.17) is 11.6 Å². The van der Waals surface area contributed by atoms with Gasteiger partial charge >= 0.3 is 0 Å². The summed E-state index contributed by atoms with van der Waals surface area (Å²) in [5.74, 6) is -0.958. The lowest BCUT2D eigenvalue weighted by Crippen LogP contribution is -1.94. The van der Waals surface area contributed by atoms with Crippen LogP contribution in [-0.4, -0.2) is 14.8 Å². The van der Waals surface area contributed by atoms with E-state index in [1.807, 2.05) is 37.3 Å². The van der Waals surface area contributed by atoms with Crippen LogP contribution < -0.4 is 0 Å². The quantitative estimate of drug-likeness (QED) is 0.414. The molecule has 2 aromatic carbocycles. The number of benzene rings is 2. The third-order valence-corrected chi connectivity index (χ3v) is 5.77. The van der Waals surface area contributed by atoms with Crippen LogP contribution in [0.25, 0.3) is 32.5 Å². The molecule has 0 radical (unpaired) electrons. The van der Waals surface area contributed by atoms with Crippen LogP contribution in [0.15, 0.2) is 48.5 Å². The Balaban J connectivity index is 1.79. The van der Waals surface area contributed by atoms with E-state index in [9.17, 15) is 8.78 Å². The Hall–Kier alpha value is -2.57. The molecular weight excluding hydrogens is 388 g/mol. The highest BCUT2D eigenvalue weighted by molar-refractivity contribution is 7.19. The van der Waals surface area contributed by atoms with Gasteiger partial charge in [-0.25, -0.2) is 18.4 Å². The highest BCUT2D eigenvalue weighted by Crippen LogP contribution is 2.40. The Kier molecular flexibility index (Phi) is 4.53. The van der Waals surface area contributed by atoms with Crippen molar-refractivity contribution in [2.24, 2.45) is 7.05 Å².